The summed E-state index contributed by atoms with van der Waals surface area (Å²) >= 11 is 0. The van der Waals surface area contributed by atoms with Crippen LogP contribution in [0.15, 0.2) is 23.1 Å². The number of fused-ring (bicyclic) bond motifs is 1. The van der Waals surface area contributed by atoms with Gasteiger partial charge in [-0.3, -0.25) is 4.79 Å². The number of benzene rings is 1. The fourth-order valence-electron chi connectivity index (χ4n) is 2.88. The molecule has 0 unspecified atom stereocenters. The summed E-state index contributed by atoms with van der Waals surface area (Å²) in [5, 5.41) is 3.14. The Balaban J connectivity index is 1.96. The highest BCUT2D eigenvalue weighted by molar-refractivity contribution is 7.89. The first-order valence-electron chi connectivity index (χ1n) is 7.12. The van der Waals surface area contributed by atoms with Gasteiger partial charge in [-0.05, 0) is 24.1 Å². The van der Waals surface area contributed by atoms with E-state index in [1.807, 2.05) is 6.07 Å². The maximum Gasteiger partial charge on any atom is 0.243 e. The molecule has 0 aromatic heterocycles. The summed E-state index contributed by atoms with van der Waals surface area (Å²) < 4.78 is 26.8. The van der Waals surface area contributed by atoms with Crippen molar-refractivity contribution < 1.29 is 13.2 Å². The number of sulfonamides is 1. The van der Waals surface area contributed by atoms with E-state index in [9.17, 15) is 13.2 Å². The zero-order valence-corrected chi connectivity index (χ0v) is 12.8. The monoisotopic (exact) mass is 309 g/mol. The number of nitrogens with zero attached hydrogens (tertiary/aromatic N) is 2. The quantitative estimate of drug-likeness (QED) is 0.847. The fraction of sp³-hybridized carbons (Fsp3) is 0.500. The number of carbonyl (C=O) groups excluding carboxylic acids is 1. The van der Waals surface area contributed by atoms with Gasteiger partial charge < -0.3 is 10.2 Å². The number of anilines is 1. The van der Waals surface area contributed by atoms with Gasteiger partial charge in [-0.15, -0.1) is 0 Å². The van der Waals surface area contributed by atoms with Gasteiger partial charge in [0.1, 0.15) is 0 Å². The molecule has 1 saturated heterocycles. The molecule has 3 rings (SSSR count). The van der Waals surface area contributed by atoms with Gasteiger partial charge in [0, 0.05) is 45.3 Å². The van der Waals surface area contributed by atoms with Crippen LogP contribution < -0.4 is 10.2 Å². The predicted octanol–water partition coefficient (Wildman–Crippen LogP) is 0.190. The van der Waals surface area contributed by atoms with Crippen molar-refractivity contribution in [1.82, 2.24) is 9.62 Å². The van der Waals surface area contributed by atoms with Crippen molar-refractivity contribution in [3.05, 3.63) is 23.8 Å². The third-order valence-corrected chi connectivity index (χ3v) is 5.94. The van der Waals surface area contributed by atoms with Crippen molar-refractivity contribution in [2.45, 2.75) is 18.2 Å². The Morgan fingerprint density at radius 2 is 1.90 bits per heavy atom. The van der Waals surface area contributed by atoms with Gasteiger partial charge in [0.05, 0.1) is 4.90 Å². The highest BCUT2D eigenvalue weighted by Crippen LogP contribution is 2.31. The molecule has 0 bridgehead atoms. The molecule has 1 aromatic carbocycles. The van der Waals surface area contributed by atoms with Crippen LogP contribution in [0.2, 0.25) is 0 Å². The molecule has 1 N–H and O–H groups in total. The van der Waals surface area contributed by atoms with Gasteiger partial charge in [-0.25, -0.2) is 8.42 Å². The summed E-state index contributed by atoms with van der Waals surface area (Å²) in [6.07, 6.45) is 0.781. The summed E-state index contributed by atoms with van der Waals surface area (Å²) in [5.41, 5.74) is 1.77. The molecule has 6 nitrogen and oxygen atoms in total. The normalized spacial score (nSPS) is 19.6. The summed E-state index contributed by atoms with van der Waals surface area (Å²) in [4.78, 5) is 13.5. The van der Waals surface area contributed by atoms with Crippen LogP contribution in [0.5, 0.6) is 0 Å². The van der Waals surface area contributed by atoms with E-state index in [2.05, 4.69) is 5.32 Å². The topological polar surface area (TPSA) is 69.7 Å². The minimum atomic E-state index is -3.48. The largest absolute Gasteiger partial charge is 0.314 e. The van der Waals surface area contributed by atoms with Crippen LogP contribution in [-0.4, -0.2) is 51.4 Å². The van der Waals surface area contributed by atoms with Crippen LogP contribution >= 0.6 is 0 Å². The second-order valence-electron chi connectivity index (χ2n) is 5.37. The summed E-state index contributed by atoms with van der Waals surface area (Å²) in [6, 6.07) is 5.12. The lowest BCUT2D eigenvalue weighted by molar-refractivity contribution is -0.116. The maximum atomic E-state index is 12.7. The zero-order valence-electron chi connectivity index (χ0n) is 12.0. The zero-order chi connectivity index (χ0) is 15.0. The van der Waals surface area contributed by atoms with Crippen molar-refractivity contribution >= 4 is 21.6 Å². The number of amides is 1. The van der Waals surface area contributed by atoms with Gasteiger partial charge in [0.15, 0.2) is 0 Å². The van der Waals surface area contributed by atoms with E-state index in [1.165, 1.54) is 11.2 Å². The third-order valence-electron chi connectivity index (χ3n) is 4.05. The predicted molar refractivity (Wildman–Crippen MR) is 79.8 cm³/mol. The Hall–Kier alpha value is -1.44. The van der Waals surface area contributed by atoms with Crippen molar-refractivity contribution in [1.29, 1.82) is 0 Å². The molecule has 0 spiro atoms. The van der Waals surface area contributed by atoms with Crippen molar-refractivity contribution in [2.24, 2.45) is 0 Å². The molecule has 1 fully saturated rings. The fourth-order valence-corrected chi connectivity index (χ4v) is 4.34. The second-order valence-corrected chi connectivity index (χ2v) is 7.30. The molecule has 0 aliphatic carbocycles. The number of piperazine rings is 1. The Kier molecular flexibility index (Phi) is 3.73. The molecule has 0 saturated carbocycles. The molecule has 7 heteroatoms. The Morgan fingerprint density at radius 1 is 1.19 bits per heavy atom. The molecule has 0 atom stereocenters. The van der Waals surface area contributed by atoms with E-state index >= 15 is 0 Å². The lowest BCUT2D eigenvalue weighted by atomic mass is 10.2. The van der Waals surface area contributed by atoms with E-state index in [4.69, 9.17) is 0 Å². The van der Waals surface area contributed by atoms with Crippen LogP contribution in [0.4, 0.5) is 5.69 Å². The van der Waals surface area contributed by atoms with Crippen LogP contribution in [0, 0.1) is 0 Å². The van der Waals surface area contributed by atoms with E-state index in [1.54, 1.807) is 17.0 Å². The van der Waals surface area contributed by atoms with Crippen LogP contribution in [-0.2, 0) is 21.2 Å². The minimum absolute atomic E-state index is 0.0505. The number of carbonyl (C=O) groups is 1. The lowest BCUT2D eigenvalue weighted by Crippen LogP contribution is -2.46. The van der Waals surface area contributed by atoms with Gasteiger partial charge >= 0.3 is 0 Å². The first kappa shape index (κ1) is 14.5. The third kappa shape index (κ3) is 2.56. The van der Waals surface area contributed by atoms with E-state index in [0.29, 0.717) is 32.7 Å². The molecule has 1 aromatic rings. The van der Waals surface area contributed by atoms with Gasteiger partial charge in [0.25, 0.3) is 0 Å². The Bertz CT molecular complexity index is 666. The van der Waals surface area contributed by atoms with Crippen LogP contribution in [0.25, 0.3) is 0 Å². The number of hydrogen-bond donors (Lipinski definition) is 1. The second kappa shape index (κ2) is 5.40. The molecule has 21 heavy (non-hydrogen) atoms. The maximum absolute atomic E-state index is 12.7. The SMILES string of the molecule is CC(=O)N1CCc2ccc(S(=O)(=O)N3CCNCC3)cc21. The van der Waals surface area contributed by atoms with Crippen LogP contribution in [0.1, 0.15) is 12.5 Å². The lowest BCUT2D eigenvalue weighted by Gasteiger charge is -2.27. The average Bonchev–Trinajstić information content (AvgIpc) is 2.91. The van der Waals surface area contributed by atoms with Crippen LogP contribution in [0.3, 0.4) is 0 Å². The standard InChI is InChI=1S/C14H19N3O3S/c1-11(18)17-7-4-12-2-3-13(10-14(12)17)21(19,20)16-8-5-15-6-9-16/h2-3,10,15H,4-9H2,1H3. The summed E-state index contributed by atoms with van der Waals surface area (Å²) in [5.74, 6) is -0.0505. The van der Waals surface area contributed by atoms with Gasteiger partial charge in [-0.1, -0.05) is 6.07 Å². The Morgan fingerprint density at radius 3 is 2.57 bits per heavy atom. The first-order valence-corrected chi connectivity index (χ1v) is 8.56. The van der Waals surface area contributed by atoms with Crippen molar-refractivity contribution in [3.8, 4) is 0 Å². The average molecular weight is 309 g/mol. The van der Waals surface area contributed by atoms with Crippen molar-refractivity contribution in [3.63, 3.8) is 0 Å². The highest BCUT2D eigenvalue weighted by Gasteiger charge is 2.29. The number of nitrogens with one attached hydrogen (secondary N) is 1. The van der Waals surface area contributed by atoms with E-state index in [-0.39, 0.29) is 10.8 Å². The van der Waals surface area contributed by atoms with E-state index in [0.717, 1.165) is 17.7 Å². The Labute approximate surface area is 124 Å². The van der Waals surface area contributed by atoms with Crippen molar-refractivity contribution in [2.75, 3.05) is 37.6 Å². The molecular weight excluding hydrogens is 290 g/mol. The summed E-state index contributed by atoms with van der Waals surface area (Å²) in [7, 11) is -3.48. The molecule has 114 valence electrons. The molecular formula is C14H19N3O3S. The molecule has 2 heterocycles. The van der Waals surface area contributed by atoms with Gasteiger partial charge in [-0.2, -0.15) is 4.31 Å². The molecule has 2 aliphatic heterocycles. The highest BCUT2D eigenvalue weighted by atomic mass is 32.2. The number of hydrogen-bond acceptors (Lipinski definition) is 4. The van der Waals surface area contributed by atoms with E-state index < -0.39 is 10.0 Å². The first-order chi connectivity index (χ1) is 10.00. The minimum Gasteiger partial charge on any atom is -0.314 e. The summed E-state index contributed by atoms with van der Waals surface area (Å²) in [6.45, 7) is 4.44. The molecule has 2 aliphatic rings. The molecule has 1 amide bonds. The van der Waals surface area contributed by atoms with Gasteiger partial charge in [0.2, 0.25) is 15.9 Å². The smallest absolute Gasteiger partial charge is 0.243 e. The number of rotatable bonds is 2. The molecule has 0 radical (unpaired) electrons.